The van der Waals surface area contributed by atoms with Crippen molar-refractivity contribution in [2.24, 2.45) is 11.1 Å². The lowest BCUT2D eigenvalue weighted by molar-refractivity contribution is -0.125. The molecule has 78 valence electrons. The van der Waals surface area contributed by atoms with Crippen molar-refractivity contribution in [1.82, 2.24) is 15.2 Å². The largest absolute Gasteiger partial charge is 0.369 e. The summed E-state index contributed by atoms with van der Waals surface area (Å²) in [5, 5.41) is 9.08. The Balaban J connectivity index is 2.52. The molecule has 1 heterocycles. The zero-order valence-electron chi connectivity index (χ0n) is 8.16. The molecule has 0 aliphatic rings. The molecule has 0 unspecified atom stereocenters. The number of nitrogens with one attached hydrogen (secondary N) is 2. The van der Waals surface area contributed by atoms with Crippen LogP contribution in [-0.4, -0.2) is 27.6 Å². The Labute approximate surface area is 81.3 Å². The highest BCUT2D eigenvalue weighted by Gasteiger charge is 2.24. The van der Waals surface area contributed by atoms with E-state index in [0.29, 0.717) is 12.5 Å². The molecule has 1 aromatic rings. The third kappa shape index (κ3) is 2.35. The van der Waals surface area contributed by atoms with Crippen LogP contribution in [0.25, 0.3) is 0 Å². The van der Waals surface area contributed by atoms with Gasteiger partial charge in [0.25, 0.3) is 0 Å². The van der Waals surface area contributed by atoms with Crippen molar-refractivity contribution in [1.29, 1.82) is 0 Å². The molecule has 0 saturated carbocycles. The Bertz CT molecular complexity index is 331. The van der Waals surface area contributed by atoms with Gasteiger partial charge in [0, 0.05) is 6.54 Å². The van der Waals surface area contributed by atoms with Gasteiger partial charge in [0.15, 0.2) is 0 Å². The van der Waals surface area contributed by atoms with E-state index in [1.54, 1.807) is 13.8 Å². The number of H-pyrrole nitrogens is 1. The highest BCUT2D eigenvalue weighted by Crippen LogP contribution is 2.14. The molecular weight excluding hydrogens is 184 g/mol. The summed E-state index contributed by atoms with van der Waals surface area (Å²) in [6, 6.07) is 0. The number of anilines is 2. The minimum Gasteiger partial charge on any atom is -0.369 e. The van der Waals surface area contributed by atoms with Crippen LogP contribution in [0.5, 0.6) is 0 Å². The van der Waals surface area contributed by atoms with E-state index >= 15 is 0 Å². The number of hydrogen-bond acceptors (Lipinski definition) is 5. The molecule has 0 aromatic carbocycles. The number of amides is 1. The van der Waals surface area contributed by atoms with E-state index in [9.17, 15) is 4.79 Å². The number of hydrogen-bond donors (Lipinski definition) is 4. The first-order valence-corrected chi connectivity index (χ1v) is 4.13. The average molecular weight is 198 g/mol. The van der Waals surface area contributed by atoms with Gasteiger partial charge in [-0.2, -0.15) is 4.98 Å². The molecule has 0 saturated heterocycles. The Morgan fingerprint density at radius 1 is 1.64 bits per heavy atom. The maximum Gasteiger partial charge on any atom is 0.243 e. The van der Waals surface area contributed by atoms with Crippen molar-refractivity contribution in [2.75, 3.05) is 17.6 Å². The lowest BCUT2D eigenvalue weighted by atomic mass is 9.93. The molecule has 14 heavy (non-hydrogen) atoms. The zero-order chi connectivity index (χ0) is 10.8. The number of nitrogens with zero attached hydrogens (tertiary/aromatic N) is 2. The molecule has 0 aliphatic heterocycles. The maximum atomic E-state index is 11.0. The molecule has 0 fully saturated rings. The molecule has 0 radical (unpaired) electrons. The van der Waals surface area contributed by atoms with Gasteiger partial charge in [0.1, 0.15) is 0 Å². The van der Waals surface area contributed by atoms with Gasteiger partial charge in [-0.1, -0.05) is 0 Å². The molecule has 1 rings (SSSR count). The number of nitrogens with two attached hydrogens (primary N) is 2. The maximum absolute atomic E-state index is 11.0. The fraction of sp³-hybridized carbons (Fsp3) is 0.571. The van der Waals surface area contributed by atoms with Gasteiger partial charge in [0.2, 0.25) is 17.8 Å². The molecule has 7 heteroatoms. The summed E-state index contributed by atoms with van der Waals surface area (Å²) in [6.07, 6.45) is 0. The number of rotatable bonds is 4. The first kappa shape index (κ1) is 10.3. The summed E-state index contributed by atoms with van der Waals surface area (Å²) in [5.74, 6) is 0.203. The van der Waals surface area contributed by atoms with E-state index in [1.165, 1.54) is 0 Å². The molecule has 1 amide bonds. The van der Waals surface area contributed by atoms with Gasteiger partial charge in [-0.15, -0.1) is 5.10 Å². The second kappa shape index (κ2) is 3.52. The number of aromatic amines is 1. The molecule has 7 nitrogen and oxygen atoms in total. The number of primary amides is 1. The van der Waals surface area contributed by atoms with Crippen molar-refractivity contribution in [2.45, 2.75) is 13.8 Å². The highest BCUT2D eigenvalue weighted by molar-refractivity contribution is 5.80. The SMILES string of the molecule is CC(C)(CNc1n[nH]c(N)n1)C(N)=O. The van der Waals surface area contributed by atoms with Crippen molar-refractivity contribution < 1.29 is 4.79 Å². The normalized spacial score (nSPS) is 11.3. The quantitative estimate of drug-likeness (QED) is 0.510. The lowest BCUT2D eigenvalue weighted by Gasteiger charge is -2.19. The van der Waals surface area contributed by atoms with E-state index in [-0.39, 0.29) is 11.9 Å². The van der Waals surface area contributed by atoms with Crippen LogP contribution >= 0.6 is 0 Å². The Morgan fingerprint density at radius 3 is 2.71 bits per heavy atom. The summed E-state index contributed by atoms with van der Waals surface area (Å²) in [4.78, 5) is 14.8. The summed E-state index contributed by atoms with van der Waals surface area (Å²) in [7, 11) is 0. The van der Waals surface area contributed by atoms with Gasteiger partial charge in [-0.05, 0) is 13.8 Å². The number of aromatic nitrogens is 3. The van der Waals surface area contributed by atoms with Gasteiger partial charge in [-0.25, -0.2) is 5.10 Å². The number of nitrogen functional groups attached to an aromatic ring is 1. The summed E-state index contributed by atoms with van der Waals surface area (Å²) < 4.78 is 0. The van der Waals surface area contributed by atoms with Crippen molar-refractivity contribution in [3.8, 4) is 0 Å². The molecule has 0 bridgehead atoms. The van der Waals surface area contributed by atoms with Crippen molar-refractivity contribution >= 4 is 17.8 Å². The third-order valence-electron chi connectivity index (χ3n) is 1.86. The van der Waals surface area contributed by atoms with Crippen LogP contribution in [0.2, 0.25) is 0 Å². The zero-order valence-corrected chi connectivity index (χ0v) is 8.16. The second-order valence-electron chi connectivity index (χ2n) is 3.65. The fourth-order valence-electron chi connectivity index (χ4n) is 0.741. The van der Waals surface area contributed by atoms with Gasteiger partial charge in [0.05, 0.1) is 5.41 Å². The molecule has 0 spiro atoms. The monoisotopic (exact) mass is 198 g/mol. The van der Waals surface area contributed by atoms with Crippen LogP contribution in [0.1, 0.15) is 13.8 Å². The lowest BCUT2D eigenvalue weighted by Crippen LogP contribution is -2.37. The summed E-state index contributed by atoms with van der Waals surface area (Å²) >= 11 is 0. The van der Waals surface area contributed by atoms with Crippen LogP contribution in [0, 0.1) is 5.41 Å². The van der Waals surface area contributed by atoms with E-state index < -0.39 is 5.41 Å². The second-order valence-corrected chi connectivity index (χ2v) is 3.65. The summed E-state index contributed by atoms with van der Waals surface area (Å²) in [6.45, 7) is 3.83. The van der Waals surface area contributed by atoms with Crippen LogP contribution in [0.4, 0.5) is 11.9 Å². The first-order valence-electron chi connectivity index (χ1n) is 4.13. The van der Waals surface area contributed by atoms with Crippen molar-refractivity contribution in [3.63, 3.8) is 0 Å². The van der Waals surface area contributed by atoms with Gasteiger partial charge >= 0.3 is 0 Å². The number of carbonyl (C=O) groups excluding carboxylic acids is 1. The standard InChI is InChI=1S/C7H14N6O/c1-7(2,4(8)14)3-10-6-11-5(9)12-13-6/h3H2,1-2H3,(H2,8,14)(H4,9,10,11,12,13). The minimum absolute atomic E-state index is 0.226. The van der Waals surface area contributed by atoms with Crippen LogP contribution < -0.4 is 16.8 Å². The van der Waals surface area contributed by atoms with Crippen LogP contribution in [0.15, 0.2) is 0 Å². The van der Waals surface area contributed by atoms with E-state index in [0.717, 1.165) is 0 Å². The Hall–Kier alpha value is -1.79. The fourth-order valence-corrected chi connectivity index (χ4v) is 0.741. The molecule has 6 N–H and O–H groups in total. The Morgan fingerprint density at radius 2 is 2.29 bits per heavy atom. The van der Waals surface area contributed by atoms with Crippen molar-refractivity contribution in [3.05, 3.63) is 0 Å². The van der Waals surface area contributed by atoms with Crippen LogP contribution in [0.3, 0.4) is 0 Å². The topological polar surface area (TPSA) is 123 Å². The molecular formula is C7H14N6O. The third-order valence-corrected chi connectivity index (χ3v) is 1.86. The first-order chi connectivity index (χ1) is 6.42. The van der Waals surface area contributed by atoms with E-state index in [1.807, 2.05) is 0 Å². The predicted octanol–water partition coefficient (Wildman–Crippen LogP) is -0.690. The van der Waals surface area contributed by atoms with E-state index in [2.05, 4.69) is 20.5 Å². The number of carbonyl (C=O) groups is 1. The average Bonchev–Trinajstić information content (AvgIpc) is 2.48. The summed E-state index contributed by atoms with van der Waals surface area (Å²) in [5.41, 5.74) is 9.86. The van der Waals surface area contributed by atoms with Gasteiger partial charge < -0.3 is 16.8 Å². The minimum atomic E-state index is -0.643. The van der Waals surface area contributed by atoms with E-state index in [4.69, 9.17) is 11.5 Å². The Kier molecular flexibility index (Phi) is 2.59. The molecule has 1 aromatic heterocycles. The smallest absolute Gasteiger partial charge is 0.243 e. The predicted molar refractivity (Wildman–Crippen MR) is 52.3 cm³/mol. The van der Waals surface area contributed by atoms with Gasteiger partial charge in [-0.3, -0.25) is 4.79 Å². The van der Waals surface area contributed by atoms with Crippen LogP contribution in [-0.2, 0) is 4.79 Å². The molecule has 0 atom stereocenters. The highest BCUT2D eigenvalue weighted by atomic mass is 16.1. The molecule has 0 aliphatic carbocycles.